The smallest absolute Gasteiger partial charge is 0.252 e. The van der Waals surface area contributed by atoms with Crippen LogP contribution in [0.1, 0.15) is 22.0 Å². The highest BCUT2D eigenvalue weighted by Gasteiger charge is 2.13. The standard InChI is InChI=1S/C15H14FIN2O2/c16-10-3-6-12(13(17)7-10)15(21)19-8-14(20)9-1-4-11(18)5-2-9/h1-7,14,20H,8,18H2,(H,19,21). The Labute approximate surface area is 135 Å². The van der Waals surface area contributed by atoms with Crippen LogP contribution in [0.2, 0.25) is 0 Å². The maximum Gasteiger partial charge on any atom is 0.252 e. The average molecular weight is 400 g/mol. The van der Waals surface area contributed by atoms with Crippen molar-refractivity contribution in [3.8, 4) is 0 Å². The zero-order valence-corrected chi connectivity index (χ0v) is 13.2. The Bertz CT molecular complexity index is 647. The molecule has 0 bridgehead atoms. The molecule has 4 nitrogen and oxygen atoms in total. The molecule has 0 aromatic heterocycles. The van der Waals surface area contributed by atoms with Crippen LogP contribution in [0.15, 0.2) is 42.5 Å². The van der Waals surface area contributed by atoms with Crippen molar-refractivity contribution in [2.75, 3.05) is 12.3 Å². The van der Waals surface area contributed by atoms with Crippen LogP contribution in [0.5, 0.6) is 0 Å². The van der Waals surface area contributed by atoms with Crippen molar-refractivity contribution < 1.29 is 14.3 Å². The Morgan fingerprint density at radius 2 is 1.95 bits per heavy atom. The molecule has 0 aliphatic heterocycles. The van der Waals surface area contributed by atoms with Gasteiger partial charge >= 0.3 is 0 Å². The minimum atomic E-state index is -0.826. The lowest BCUT2D eigenvalue weighted by atomic mass is 10.1. The van der Waals surface area contributed by atoms with Gasteiger partial charge in [0.1, 0.15) is 5.82 Å². The van der Waals surface area contributed by atoms with E-state index in [1.165, 1.54) is 18.2 Å². The highest BCUT2D eigenvalue weighted by molar-refractivity contribution is 14.1. The lowest BCUT2D eigenvalue weighted by Gasteiger charge is -2.13. The molecule has 1 unspecified atom stereocenters. The largest absolute Gasteiger partial charge is 0.399 e. The summed E-state index contributed by atoms with van der Waals surface area (Å²) < 4.78 is 13.5. The lowest BCUT2D eigenvalue weighted by molar-refractivity contribution is 0.0915. The van der Waals surface area contributed by atoms with Crippen LogP contribution in [-0.4, -0.2) is 17.6 Å². The van der Waals surface area contributed by atoms with Gasteiger partial charge in [-0.3, -0.25) is 4.79 Å². The molecule has 1 amide bonds. The van der Waals surface area contributed by atoms with E-state index in [1.54, 1.807) is 24.3 Å². The maximum atomic E-state index is 13.0. The number of nitrogen functional groups attached to an aromatic ring is 1. The summed E-state index contributed by atoms with van der Waals surface area (Å²) >= 11 is 1.90. The number of halogens is 2. The molecule has 2 aromatic carbocycles. The Hall–Kier alpha value is -1.67. The zero-order chi connectivity index (χ0) is 15.4. The minimum Gasteiger partial charge on any atom is -0.399 e. The molecular formula is C15H14FIN2O2. The van der Waals surface area contributed by atoms with Crippen LogP contribution in [0, 0.1) is 9.39 Å². The number of hydrogen-bond donors (Lipinski definition) is 3. The first kappa shape index (κ1) is 15.7. The van der Waals surface area contributed by atoms with Crippen LogP contribution < -0.4 is 11.1 Å². The maximum absolute atomic E-state index is 13.0. The summed E-state index contributed by atoms with van der Waals surface area (Å²) in [4.78, 5) is 12.0. The highest BCUT2D eigenvalue weighted by atomic mass is 127. The van der Waals surface area contributed by atoms with E-state index in [9.17, 15) is 14.3 Å². The number of hydrogen-bond acceptors (Lipinski definition) is 3. The predicted octanol–water partition coefficient (Wildman–Crippen LogP) is 2.48. The van der Waals surface area contributed by atoms with Gasteiger partial charge in [-0.15, -0.1) is 0 Å². The van der Waals surface area contributed by atoms with E-state index in [-0.39, 0.29) is 12.5 Å². The van der Waals surface area contributed by atoms with Crippen molar-refractivity contribution in [1.82, 2.24) is 5.32 Å². The van der Waals surface area contributed by atoms with Gasteiger partial charge in [0.2, 0.25) is 0 Å². The Morgan fingerprint density at radius 3 is 2.57 bits per heavy atom. The fourth-order valence-electron chi connectivity index (χ4n) is 1.79. The van der Waals surface area contributed by atoms with Gasteiger partial charge < -0.3 is 16.2 Å². The number of carbonyl (C=O) groups is 1. The van der Waals surface area contributed by atoms with E-state index in [0.717, 1.165) is 0 Å². The fraction of sp³-hybridized carbons (Fsp3) is 0.133. The number of anilines is 1. The second-order valence-corrected chi connectivity index (χ2v) is 5.68. The Morgan fingerprint density at radius 1 is 1.29 bits per heavy atom. The average Bonchev–Trinajstić information content (AvgIpc) is 2.45. The molecule has 0 saturated carbocycles. The van der Waals surface area contributed by atoms with Crippen LogP contribution in [0.25, 0.3) is 0 Å². The summed E-state index contributed by atoms with van der Waals surface area (Å²) in [5.74, 6) is -0.744. The summed E-state index contributed by atoms with van der Waals surface area (Å²) in [5, 5.41) is 12.6. The molecular weight excluding hydrogens is 386 g/mol. The number of rotatable bonds is 4. The number of amides is 1. The number of nitrogens with one attached hydrogen (secondary N) is 1. The second kappa shape index (κ2) is 6.86. The van der Waals surface area contributed by atoms with E-state index in [1.807, 2.05) is 22.6 Å². The molecule has 0 heterocycles. The van der Waals surface area contributed by atoms with Crippen molar-refractivity contribution in [1.29, 1.82) is 0 Å². The monoisotopic (exact) mass is 400 g/mol. The van der Waals surface area contributed by atoms with Gasteiger partial charge in [-0.2, -0.15) is 0 Å². The molecule has 4 N–H and O–H groups in total. The van der Waals surface area contributed by atoms with Gasteiger partial charge in [0.15, 0.2) is 0 Å². The molecule has 0 radical (unpaired) electrons. The first-order valence-electron chi connectivity index (χ1n) is 6.24. The van der Waals surface area contributed by atoms with Crippen molar-refractivity contribution in [3.63, 3.8) is 0 Å². The van der Waals surface area contributed by atoms with E-state index < -0.39 is 11.9 Å². The Balaban J connectivity index is 1.99. The van der Waals surface area contributed by atoms with Crippen molar-refractivity contribution in [2.45, 2.75) is 6.10 Å². The first-order valence-corrected chi connectivity index (χ1v) is 7.32. The third-order valence-corrected chi connectivity index (χ3v) is 3.85. The summed E-state index contributed by atoms with van der Waals surface area (Å²) in [6, 6.07) is 10.7. The topological polar surface area (TPSA) is 75.3 Å². The second-order valence-electron chi connectivity index (χ2n) is 4.52. The van der Waals surface area contributed by atoms with Crippen LogP contribution >= 0.6 is 22.6 Å². The molecule has 21 heavy (non-hydrogen) atoms. The molecule has 2 aromatic rings. The summed E-state index contributed by atoms with van der Waals surface area (Å²) in [6.07, 6.45) is -0.826. The molecule has 0 spiro atoms. The molecule has 0 aliphatic rings. The fourth-order valence-corrected chi connectivity index (χ4v) is 2.52. The van der Waals surface area contributed by atoms with E-state index >= 15 is 0 Å². The van der Waals surface area contributed by atoms with Crippen molar-refractivity contribution in [3.05, 3.63) is 63.0 Å². The first-order chi connectivity index (χ1) is 9.97. The molecule has 2 rings (SSSR count). The van der Waals surface area contributed by atoms with Crippen molar-refractivity contribution >= 4 is 34.2 Å². The normalized spacial score (nSPS) is 12.0. The summed E-state index contributed by atoms with van der Waals surface area (Å²) in [5.41, 5.74) is 7.22. The molecule has 0 aliphatic carbocycles. The van der Waals surface area contributed by atoms with Gasteiger partial charge in [0.05, 0.1) is 11.7 Å². The van der Waals surface area contributed by atoms with Gasteiger partial charge in [-0.25, -0.2) is 4.39 Å². The highest BCUT2D eigenvalue weighted by Crippen LogP contribution is 2.16. The molecule has 110 valence electrons. The minimum absolute atomic E-state index is 0.0657. The van der Waals surface area contributed by atoms with Gasteiger partial charge in [0.25, 0.3) is 5.91 Å². The van der Waals surface area contributed by atoms with Crippen molar-refractivity contribution in [2.24, 2.45) is 0 Å². The zero-order valence-electron chi connectivity index (χ0n) is 11.0. The summed E-state index contributed by atoms with van der Waals surface area (Å²) in [6.45, 7) is 0.0657. The Kier molecular flexibility index (Phi) is 5.13. The number of benzene rings is 2. The van der Waals surface area contributed by atoms with E-state index in [2.05, 4.69) is 5.32 Å². The SMILES string of the molecule is Nc1ccc(C(O)CNC(=O)c2ccc(F)cc2I)cc1. The van der Waals surface area contributed by atoms with E-state index in [0.29, 0.717) is 20.4 Å². The van der Waals surface area contributed by atoms with Crippen LogP contribution in [0.3, 0.4) is 0 Å². The third-order valence-electron chi connectivity index (χ3n) is 2.95. The number of carbonyl (C=O) groups excluding carboxylic acids is 1. The third kappa shape index (κ3) is 4.15. The molecule has 0 saturated heterocycles. The number of aliphatic hydroxyl groups excluding tert-OH is 1. The van der Waals surface area contributed by atoms with Crippen LogP contribution in [-0.2, 0) is 0 Å². The lowest BCUT2D eigenvalue weighted by Crippen LogP contribution is -2.29. The van der Waals surface area contributed by atoms with Gasteiger partial charge in [-0.05, 0) is 58.5 Å². The number of aliphatic hydroxyl groups is 1. The van der Waals surface area contributed by atoms with Gasteiger partial charge in [-0.1, -0.05) is 12.1 Å². The quantitative estimate of drug-likeness (QED) is 0.546. The number of nitrogens with two attached hydrogens (primary N) is 1. The summed E-state index contributed by atoms with van der Waals surface area (Å²) in [7, 11) is 0. The predicted molar refractivity (Wildman–Crippen MR) is 87.3 cm³/mol. The van der Waals surface area contributed by atoms with E-state index in [4.69, 9.17) is 5.73 Å². The molecule has 6 heteroatoms. The van der Waals surface area contributed by atoms with Gasteiger partial charge in [0, 0.05) is 15.8 Å². The molecule has 0 fully saturated rings. The van der Waals surface area contributed by atoms with Crippen LogP contribution in [0.4, 0.5) is 10.1 Å². The molecule has 1 atom stereocenters.